The number of thioether (sulfide) groups is 1. The largest absolute Gasteiger partial charge is 0.497 e. The van der Waals surface area contributed by atoms with Crippen LogP contribution in [0.3, 0.4) is 0 Å². The third-order valence-electron chi connectivity index (χ3n) is 5.52. The Morgan fingerprint density at radius 1 is 1.09 bits per heavy atom. The third kappa shape index (κ3) is 5.43. The van der Waals surface area contributed by atoms with Gasteiger partial charge in [0.1, 0.15) is 11.5 Å². The number of carbonyl (C=O) groups excluding carboxylic acids is 1. The number of carbonyl (C=O) groups is 1. The SMILES string of the molecule is COc1ccc(OC)c(CN2CCN(C(=O)c3ccccc3SCc3cscn3)CC2)c1. The van der Waals surface area contributed by atoms with E-state index in [1.807, 2.05) is 58.3 Å². The molecule has 0 aliphatic carbocycles. The van der Waals surface area contributed by atoms with Crippen molar-refractivity contribution < 1.29 is 14.3 Å². The van der Waals surface area contributed by atoms with Crippen molar-refractivity contribution in [3.05, 3.63) is 70.2 Å². The van der Waals surface area contributed by atoms with Crippen LogP contribution in [0, 0.1) is 0 Å². The Hall–Kier alpha value is -2.55. The molecule has 0 radical (unpaired) electrons. The average Bonchev–Trinajstić information content (AvgIpc) is 3.37. The van der Waals surface area contributed by atoms with E-state index in [0.29, 0.717) is 13.1 Å². The van der Waals surface area contributed by atoms with Crippen molar-refractivity contribution in [2.75, 3.05) is 40.4 Å². The van der Waals surface area contributed by atoms with Crippen molar-refractivity contribution in [1.29, 1.82) is 0 Å². The van der Waals surface area contributed by atoms with Crippen molar-refractivity contribution in [3.8, 4) is 11.5 Å². The van der Waals surface area contributed by atoms with Crippen LogP contribution in [-0.4, -0.2) is 61.1 Å². The lowest BCUT2D eigenvalue weighted by atomic mass is 10.1. The Balaban J connectivity index is 1.37. The first kappa shape index (κ1) is 22.6. The Kier molecular flexibility index (Phi) is 7.68. The molecule has 1 aliphatic heterocycles. The van der Waals surface area contributed by atoms with Crippen LogP contribution in [0.1, 0.15) is 21.6 Å². The number of methoxy groups -OCH3 is 2. The Labute approximate surface area is 197 Å². The zero-order valence-electron chi connectivity index (χ0n) is 18.3. The lowest BCUT2D eigenvalue weighted by Gasteiger charge is -2.35. The van der Waals surface area contributed by atoms with E-state index in [2.05, 4.69) is 9.88 Å². The molecule has 1 saturated heterocycles. The smallest absolute Gasteiger partial charge is 0.255 e. The molecule has 3 aromatic rings. The summed E-state index contributed by atoms with van der Waals surface area (Å²) in [6.07, 6.45) is 0. The molecule has 0 spiro atoms. The highest BCUT2D eigenvalue weighted by Gasteiger charge is 2.24. The number of thiazole rings is 1. The lowest BCUT2D eigenvalue weighted by Crippen LogP contribution is -2.48. The quantitative estimate of drug-likeness (QED) is 0.456. The molecule has 0 unspecified atom stereocenters. The minimum atomic E-state index is 0.102. The molecule has 0 atom stereocenters. The molecule has 1 amide bonds. The van der Waals surface area contributed by atoms with E-state index in [9.17, 15) is 4.79 Å². The summed E-state index contributed by atoms with van der Waals surface area (Å²) in [6.45, 7) is 3.81. The van der Waals surface area contributed by atoms with Gasteiger partial charge in [0.25, 0.3) is 5.91 Å². The van der Waals surface area contributed by atoms with Crippen LogP contribution in [0.25, 0.3) is 0 Å². The van der Waals surface area contributed by atoms with Gasteiger partial charge in [0.15, 0.2) is 0 Å². The molecule has 2 heterocycles. The van der Waals surface area contributed by atoms with E-state index in [1.165, 1.54) is 0 Å². The van der Waals surface area contributed by atoms with Gasteiger partial charge < -0.3 is 14.4 Å². The minimum absolute atomic E-state index is 0.102. The molecule has 8 heteroatoms. The highest BCUT2D eigenvalue weighted by Crippen LogP contribution is 2.28. The van der Waals surface area contributed by atoms with Crippen LogP contribution in [0.2, 0.25) is 0 Å². The second-order valence-corrected chi connectivity index (χ2v) is 9.25. The summed E-state index contributed by atoms with van der Waals surface area (Å²) in [5.74, 6) is 2.55. The van der Waals surface area contributed by atoms with Gasteiger partial charge in [0.05, 0.1) is 31.0 Å². The van der Waals surface area contributed by atoms with E-state index in [4.69, 9.17) is 9.47 Å². The zero-order valence-corrected chi connectivity index (χ0v) is 20.0. The number of aromatic nitrogens is 1. The Bertz CT molecular complexity index is 1030. The van der Waals surface area contributed by atoms with Crippen molar-refractivity contribution in [3.63, 3.8) is 0 Å². The maximum absolute atomic E-state index is 13.3. The highest BCUT2D eigenvalue weighted by molar-refractivity contribution is 7.98. The van der Waals surface area contributed by atoms with Crippen molar-refractivity contribution in [2.24, 2.45) is 0 Å². The van der Waals surface area contributed by atoms with E-state index >= 15 is 0 Å². The molecule has 1 aromatic heterocycles. The standard InChI is InChI=1S/C24H27N3O3S2/c1-29-20-7-8-22(30-2)18(13-20)14-26-9-11-27(12-10-26)24(28)21-5-3-4-6-23(21)32-16-19-15-31-17-25-19/h3-8,13,15,17H,9-12,14,16H2,1-2H3. The molecule has 6 nitrogen and oxygen atoms in total. The molecule has 0 bridgehead atoms. The summed E-state index contributed by atoms with van der Waals surface area (Å²) < 4.78 is 10.9. The summed E-state index contributed by atoms with van der Waals surface area (Å²) >= 11 is 3.26. The molecule has 1 fully saturated rings. The molecule has 32 heavy (non-hydrogen) atoms. The van der Waals surface area contributed by atoms with E-state index < -0.39 is 0 Å². The Morgan fingerprint density at radius 2 is 1.91 bits per heavy atom. The van der Waals surface area contributed by atoms with Crippen LogP contribution in [0.5, 0.6) is 11.5 Å². The van der Waals surface area contributed by atoms with Gasteiger partial charge in [-0.15, -0.1) is 23.1 Å². The third-order valence-corrected chi connectivity index (χ3v) is 7.26. The molecule has 0 saturated carbocycles. The molecular formula is C24H27N3O3S2. The number of hydrogen-bond acceptors (Lipinski definition) is 7. The summed E-state index contributed by atoms with van der Waals surface area (Å²) in [6, 6.07) is 13.7. The minimum Gasteiger partial charge on any atom is -0.497 e. The van der Waals surface area contributed by atoms with Gasteiger partial charge in [-0.3, -0.25) is 9.69 Å². The van der Waals surface area contributed by atoms with Crippen LogP contribution in [0.15, 0.2) is 58.3 Å². The van der Waals surface area contributed by atoms with Crippen LogP contribution in [0.4, 0.5) is 0 Å². The predicted octanol–water partition coefficient (Wildman–Crippen LogP) is 4.41. The molecule has 0 N–H and O–H groups in total. The summed E-state index contributed by atoms with van der Waals surface area (Å²) in [4.78, 5) is 22.9. The normalized spacial score (nSPS) is 14.4. The fourth-order valence-electron chi connectivity index (χ4n) is 3.76. The van der Waals surface area contributed by atoms with E-state index in [0.717, 1.165) is 58.6 Å². The maximum Gasteiger partial charge on any atom is 0.255 e. The first-order valence-electron chi connectivity index (χ1n) is 10.5. The van der Waals surface area contributed by atoms with Gasteiger partial charge in [-0.05, 0) is 30.3 Å². The second-order valence-electron chi connectivity index (χ2n) is 7.51. The van der Waals surface area contributed by atoms with Gasteiger partial charge >= 0.3 is 0 Å². The second kappa shape index (κ2) is 10.8. The van der Waals surface area contributed by atoms with E-state index in [1.54, 1.807) is 37.3 Å². The number of rotatable bonds is 8. The molecule has 2 aromatic carbocycles. The molecule has 4 rings (SSSR count). The van der Waals surface area contributed by atoms with E-state index in [-0.39, 0.29) is 5.91 Å². The number of benzene rings is 2. The fourth-order valence-corrected chi connectivity index (χ4v) is 5.37. The van der Waals surface area contributed by atoms with Gasteiger partial charge in [0, 0.05) is 54.3 Å². The van der Waals surface area contributed by atoms with Crippen LogP contribution < -0.4 is 9.47 Å². The van der Waals surface area contributed by atoms with Gasteiger partial charge in [-0.1, -0.05) is 12.1 Å². The van der Waals surface area contributed by atoms with Crippen molar-refractivity contribution in [1.82, 2.24) is 14.8 Å². The first-order chi connectivity index (χ1) is 15.7. The lowest BCUT2D eigenvalue weighted by molar-refractivity contribution is 0.0624. The topological polar surface area (TPSA) is 54.9 Å². The first-order valence-corrected chi connectivity index (χ1v) is 12.4. The van der Waals surface area contributed by atoms with Gasteiger partial charge in [0.2, 0.25) is 0 Å². The van der Waals surface area contributed by atoms with Gasteiger partial charge in [-0.25, -0.2) is 4.98 Å². The highest BCUT2D eigenvalue weighted by atomic mass is 32.2. The number of amides is 1. The number of piperazine rings is 1. The predicted molar refractivity (Wildman–Crippen MR) is 129 cm³/mol. The fraction of sp³-hybridized carbons (Fsp3) is 0.333. The van der Waals surface area contributed by atoms with Crippen molar-refractivity contribution in [2.45, 2.75) is 17.2 Å². The van der Waals surface area contributed by atoms with Crippen molar-refractivity contribution >= 4 is 29.0 Å². The zero-order chi connectivity index (χ0) is 22.3. The number of nitrogens with zero attached hydrogens (tertiary/aromatic N) is 3. The molecule has 1 aliphatic rings. The summed E-state index contributed by atoms with van der Waals surface area (Å²) in [5.41, 5.74) is 4.75. The molecule has 168 valence electrons. The van der Waals surface area contributed by atoms with Crippen LogP contribution in [-0.2, 0) is 12.3 Å². The number of hydrogen-bond donors (Lipinski definition) is 0. The number of ether oxygens (including phenoxy) is 2. The molecular weight excluding hydrogens is 442 g/mol. The maximum atomic E-state index is 13.3. The monoisotopic (exact) mass is 469 g/mol. The average molecular weight is 470 g/mol. The Morgan fingerprint density at radius 3 is 2.62 bits per heavy atom. The summed E-state index contributed by atoms with van der Waals surface area (Å²) in [5, 5.41) is 2.05. The van der Waals surface area contributed by atoms with Gasteiger partial charge in [-0.2, -0.15) is 0 Å². The van der Waals surface area contributed by atoms with Crippen LogP contribution >= 0.6 is 23.1 Å². The summed E-state index contributed by atoms with van der Waals surface area (Å²) in [7, 11) is 3.36.